The summed E-state index contributed by atoms with van der Waals surface area (Å²) in [5, 5.41) is 9.20. The molecule has 0 spiro atoms. The van der Waals surface area contributed by atoms with Gasteiger partial charge in [0, 0.05) is 36.6 Å². The number of rotatable bonds is 9. The monoisotopic (exact) mass is 428 g/mol. The van der Waals surface area contributed by atoms with E-state index in [-0.39, 0.29) is 23.4 Å². The minimum absolute atomic E-state index is 0.0505. The lowest BCUT2D eigenvalue weighted by Crippen LogP contribution is -2.10. The van der Waals surface area contributed by atoms with Gasteiger partial charge in [0.1, 0.15) is 5.82 Å². The van der Waals surface area contributed by atoms with Gasteiger partial charge in [-0.05, 0) is 44.9 Å². The Labute approximate surface area is 179 Å². The van der Waals surface area contributed by atoms with Gasteiger partial charge in [0.05, 0.1) is 17.9 Å². The number of hydrogen-bond donors (Lipinski definition) is 0. The van der Waals surface area contributed by atoms with E-state index in [0.29, 0.717) is 23.2 Å². The van der Waals surface area contributed by atoms with Gasteiger partial charge in [-0.25, -0.2) is 4.39 Å². The van der Waals surface area contributed by atoms with Crippen molar-refractivity contribution in [2.75, 3.05) is 19.5 Å². The van der Waals surface area contributed by atoms with E-state index in [1.807, 2.05) is 24.5 Å². The fraction of sp³-hybridized carbons (Fsp3) is 0.409. The molecular formula is C22H25FN4O2S. The summed E-state index contributed by atoms with van der Waals surface area (Å²) < 4.78 is 23.6. The third kappa shape index (κ3) is 4.06. The second kappa shape index (κ2) is 8.73. The van der Waals surface area contributed by atoms with Crippen LogP contribution in [0.1, 0.15) is 40.6 Å². The zero-order valence-electron chi connectivity index (χ0n) is 17.4. The van der Waals surface area contributed by atoms with Crippen LogP contribution in [0.25, 0.3) is 11.4 Å². The van der Waals surface area contributed by atoms with Gasteiger partial charge >= 0.3 is 0 Å². The molecule has 158 valence electrons. The lowest BCUT2D eigenvalue weighted by Gasteiger charge is -2.10. The molecule has 1 fully saturated rings. The van der Waals surface area contributed by atoms with Gasteiger partial charge < -0.3 is 9.30 Å². The van der Waals surface area contributed by atoms with Crippen LogP contribution in [0.15, 0.2) is 35.5 Å². The van der Waals surface area contributed by atoms with E-state index in [4.69, 9.17) is 4.74 Å². The molecule has 2 aromatic heterocycles. The third-order valence-electron chi connectivity index (χ3n) is 5.42. The zero-order valence-corrected chi connectivity index (χ0v) is 18.2. The summed E-state index contributed by atoms with van der Waals surface area (Å²) in [7, 11) is 1.67. The highest BCUT2D eigenvalue weighted by Gasteiger charge is 2.31. The van der Waals surface area contributed by atoms with Crippen LogP contribution in [0.5, 0.6) is 0 Å². The summed E-state index contributed by atoms with van der Waals surface area (Å²) in [6.07, 6.45) is 2.03. The highest BCUT2D eigenvalue weighted by atomic mass is 32.2. The van der Waals surface area contributed by atoms with E-state index in [2.05, 4.69) is 14.8 Å². The molecule has 30 heavy (non-hydrogen) atoms. The normalized spacial score (nSPS) is 13.7. The summed E-state index contributed by atoms with van der Waals surface area (Å²) in [5.74, 6) is 0.525. The number of carbonyl (C=O) groups is 1. The Bertz CT molecular complexity index is 1070. The Morgan fingerprint density at radius 2 is 2.03 bits per heavy atom. The van der Waals surface area contributed by atoms with Crippen LogP contribution in [0.4, 0.5) is 4.39 Å². The molecule has 1 aliphatic carbocycles. The fourth-order valence-electron chi connectivity index (χ4n) is 3.68. The summed E-state index contributed by atoms with van der Waals surface area (Å²) in [5.41, 5.74) is 3.16. The summed E-state index contributed by atoms with van der Waals surface area (Å²) >= 11 is 1.36. The second-order valence-corrected chi connectivity index (χ2v) is 8.47. The SMILES string of the molecule is COCCn1c(C)cc(C(=O)CSc2nnc(-c3ccccc3F)n2C2CC2)c1C. The average molecular weight is 429 g/mol. The number of nitrogens with zero attached hydrogens (tertiary/aromatic N) is 4. The number of carbonyl (C=O) groups excluding carboxylic acids is 1. The minimum Gasteiger partial charge on any atom is -0.383 e. The van der Waals surface area contributed by atoms with Crippen molar-refractivity contribution >= 4 is 17.5 Å². The van der Waals surface area contributed by atoms with Crippen LogP contribution in [-0.4, -0.2) is 44.6 Å². The maximum absolute atomic E-state index is 14.3. The fourth-order valence-corrected chi connectivity index (χ4v) is 4.57. The first kappa shape index (κ1) is 20.8. The van der Waals surface area contributed by atoms with Crippen LogP contribution >= 0.6 is 11.8 Å². The van der Waals surface area contributed by atoms with Crippen molar-refractivity contribution in [2.24, 2.45) is 0 Å². The Morgan fingerprint density at radius 1 is 1.27 bits per heavy atom. The number of aryl methyl sites for hydroxylation is 1. The molecule has 0 aliphatic heterocycles. The first-order chi connectivity index (χ1) is 14.5. The lowest BCUT2D eigenvalue weighted by molar-refractivity contribution is 0.102. The van der Waals surface area contributed by atoms with Gasteiger partial charge in [0.25, 0.3) is 0 Å². The molecule has 0 N–H and O–H groups in total. The van der Waals surface area contributed by atoms with E-state index >= 15 is 0 Å². The Kier molecular flexibility index (Phi) is 6.06. The molecular weight excluding hydrogens is 403 g/mol. The van der Waals surface area contributed by atoms with Crippen LogP contribution in [0.2, 0.25) is 0 Å². The number of hydrogen-bond acceptors (Lipinski definition) is 5. The highest BCUT2D eigenvalue weighted by molar-refractivity contribution is 7.99. The number of benzene rings is 1. The van der Waals surface area contributed by atoms with E-state index in [1.54, 1.807) is 25.3 Å². The second-order valence-electron chi connectivity index (χ2n) is 7.53. The van der Waals surface area contributed by atoms with Crippen molar-refractivity contribution in [3.05, 3.63) is 53.1 Å². The number of aromatic nitrogens is 4. The molecule has 3 aromatic rings. The van der Waals surface area contributed by atoms with Crippen molar-refractivity contribution in [3.63, 3.8) is 0 Å². The highest BCUT2D eigenvalue weighted by Crippen LogP contribution is 2.41. The number of ether oxygens (including phenoxy) is 1. The van der Waals surface area contributed by atoms with E-state index in [1.165, 1.54) is 17.8 Å². The van der Waals surface area contributed by atoms with Crippen molar-refractivity contribution in [1.29, 1.82) is 0 Å². The predicted octanol–water partition coefficient (Wildman–Crippen LogP) is 4.46. The van der Waals surface area contributed by atoms with Crippen molar-refractivity contribution in [2.45, 2.75) is 44.4 Å². The molecule has 1 aromatic carbocycles. The smallest absolute Gasteiger partial charge is 0.192 e. The van der Waals surface area contributed by atoms with Gasteiger partial charge in [-0.15, -0.1) is 10.2 Å². The van der Waals surface area contributed by atoms with Gasteiger partial charge in [-0.3, -0.25) is 9.36 Å². The van der Waals surface area contributed by atoms with Crippen LogP contribution < -0.4 is 0 Å². The van der Waals surface area contributed by atoms with E-state index in [9.17, 15) is 9.18 Å². The molecule has 0 radical (unpaired) electrons. The molecule has 8 heteroatoms. The predicted molar refractivity (Wildman–Crippen MR) is 115 cm³/mol. The minimum atomic E-state index is -0.317. The maximum Gasteiger partial charge on any atom is 0.192 e. The van der Waals surface area contributed by atoms with E-state index < -0.39 is 0 Å². The van der Waals surface area contributed by atoms with Gasteiger partial charge in [-0.2, -0.15) is 0 Å². The Balaban J connectivity index is 1.54. The standard InChI is InChI=1S/C22H25FN4O2S/c1-14-12-18(15(2)26(14)10-11-29-3)20(28)13-30-22-25-24-21(27(22)16-8-9-16)17-6-4-5-7-19(17)23/h4-7,12,16H,8-11,13H2,1-3H3. The van der Waals surface area contributed by atoms with Gasteiger partial charge in [-0.1, -0.05) is 23.9 Å². The largest absolute Gasteiger partial charge is 0.383 e. The molecule has 0 bridgehead atoms. The van der Waals surface area contributed by atoms with Gasteiger partial charge in [0.15, 0.2) is 16.8 Å². The molecule has 0 saturated heterocycles. The van der Waals surface area contributed by atoms with Gasteiger partial charge in [0.2, 0.25) is 0 Å². The molecule has 1 saturated carbocycles. The van der Waals surface area contributed by atoms with E-state index in [0.717, 1.165) is 36.3 Å². The topological polar surface area (TPSA) is 61.9 Å². The third-order valence-corrected chi connectivity index (χ3v) is 6.36. The lowest BCUT2D eigenvalue weighted by atomic mass is 10.2. The molecule has 0 amide bonds. The maximum atomic E-state index is 14.3. The number of methoxy groups -OCH3 is 1. The summed E-state index contributed by atoms with van der Waals surface area (Å²) in [6.45, 7) is 5.28. The molecule has 1 aliphatic rings. The van der Waals surface area contributed by atoms with Crippen molar-refractivity contribution in [3.8, 4) is 11.4 Å². The van der Waals surface area contributed by atoms with Crippen LogP contribution in [0, 0.1) is 19.7 Å². The molecule has 4 rings (SSSR count). The van der Waals surface area contributed by atoms with Crippen molar-refractivity contribution < 1.29 is 13.9 Å². The number of Topliss-reactive ketones (excluding diaryl/α,β-unsaturated/α-hetero) is 1. The Hall–Kier alpha value is -2.45. The average Bonchev–Trinajstić information content (AvgIpc) is 3.43. The van der Waals surface area contributed by atoms with Crippen molar-refractivity contribution in [1.82, 2.24) is 19.3 Å². The quantitative estimate of drug-likeness (QED) is 0.372. The number of thioether (sulfide) groups is 1. The molecule has 0 atom stereocenters. The molecule has 6 nitrogen and oxygen atoms in total. The summed E-state index contributed by atoms with van der Waals surface area (Å²) in [6, 6.07) is 8.80. The Morgan fingerprint density at radius 3 is 2.73 bits per heavy atom. The van der Waals surface area contributed by atoms with Crippen LogP contribution in [0.3, 0.4) is 0 Å². The summed E-state index contributed by atoms with van der Waals surface area (Å²) in [4.78, 5) is 12.9. The van der Waals surface area contributed by atoms with Crippen LogP contribution in [-0.2, 0) is 11.3 Å². The molecule has 0 unspecified atom stereocenters. The number of ketones is 1. The zero-order chi connectivity index (χ0) is 21.3. The molecule has 2 heterocycles. The number of halogens is 1. The first-order valence-electron chi connectivity index (χ1n) is 10.0. The first-order valence-corrected chi connectivity index (χ1v) is 11.0.